The molecule has 20 heavy (non-hydrogen) atoms. The van der Waals surface area contributed by atoms with Crippen LogP contribution in [0.5, 0.6) is 0 Å². The van der Waals surface area contributed by atoms with Crippen LogP contribution in [0.4, 0.5) is 4.39 Å². The molecule has 3 fully saturated rings. The van der Waals surface area contributed by atoms with Gasteiger partial charge in [-0.3, -0.25) is 4.79 Å². The van der Waals surface area contributed by atoms with Gasteiger partial charge in [-0.05, 0) is 44.2 Å². The SMILES string of the molecule is Cc1nc(F)ccc1C(=O)c1cn(C23CC(C2)C3)nn1. The molecule has 6 heteroatoms. The standard InChI is InChI=1S/C14H13FN4O/c1-8-10(2-3-12(15)16-8)13(20)11-7-19(18-17-11)14-4-9(5-14)6-14/h2-3,7,9H,4-6H2,1H3. The molecule has 0 aromatic carbocycles. The minimum atomic E-state index is -0.587. The van der Waals surface area contributed by atoms with Crippen molar-refractivity contribution in [1.29, 1.82) is 0 Å². The monoisotopic (exact) mass is 272 g/mol. The Morgan fingerprint density at radius 1 is 1.40 bits per heavy atom. The molecule has 2 aromatic heterocycles. The van der Waals surface area contributed by atoms with Gasteiger partial charge in [-0.2, -0.15) is 4.39 Å². The number of rotatable bonds is 3. The zero-order valence-electron chi connectivity index (χ0n) is 11.0. The fourth-order valence-electron chi connectivity index (χ4n) is 3.22. The number of hydrogen-bond acceptors (Lipinski definition) is 4. The number of pyridine rings is 1. The number of carbonyl (C=O) groups is 1. The van der Waals surface area contributed by atoms with Crippen molar-refractivity contribution in [1.82, 2.24) is 20.0 Å². The van der Waals surface area contributed by atoms with Crippen molar-refractivity contribution in [2.24, 2.45) is 5.92 Å². The molecule has 0 amide bonds. The van der Waals surface area contributed by atoms with Crippen LogP contribution in [0.2, 0.25) is 0 Å². The second kappa shape index (κ2) is 3.71. The van der Waals surface area contributed by atoms with Crippen molar-refractivity contribution in [3.63, 3.8) is 0 Å². The zero-order chi connectivity index (χ0) is 13.9. The number of aryl methyl sites for hydroxylation is 1. The van der Waals surface area contributed by atoms with E-state index in [9.17, 15) is 9.18 Å². The molecule has 3 aliphatic rings. The minimum Gasteiger partial charge on any atom is -0.287 e. The Balaban J connectivity index is 1.65. The van der Waals surface area contributed by atoms with Gasteiger partial charge in [0.25, 0.3) is 0 Å². The molecule has 5 rings (SSSR count). The summed E-state index contributed by atoms with van der Waals surface area (Å²) < 4.78 is 14.8. The lowest BCUT2D eigenvalue weighted by Gasteiger charge is -2.61. The maximum absolute atomic E-state index is 13.0. The average molecular weight is 272 g/mol. The summed E-state index contributed by atoms with van der Waals surface area (Å²) in [6, 6.07) is 2.63. The molecule has 0 N–H and O–H groups in total. The highest BCUT2D eigenvalue weighted by Gasteiger charge is 2.58. The van der Waals surface area contributed by atoms with Crippen molar-refractivity contribution in [3.05, 3.63) is 41.2 Å². The molecule has 2 heterocycles. The van der Waals surface area contributed by atoms with E-state index in [1.165, 1.54) is 12.1 Å². The summed E-state index contributed by atoms with van der Waals surface area (Å²) >= 11 is 0. The van der Waals surface area contributed by atoms with Crippen molar-refractivity contribution in [3.8, 4) is 0 Å². The van der Waals surface area contributed by atoms with E-state index in [-0.39, 0.29) is 11.3 Å². The third-order valence-electron chi connectivity index (χ3n) is 4.51. The minimum absolute atomic E-state index is 0.117. The highest BCUT2D eigenvalue weighted by atomic mass is 19.1. The van der Waals surface area contributed by atoms with E-state index < -0.39 is 5.95 Å². The van der Waals surface area contributed by atoms with Crippen LogP contribution in [0, 0.1) is 18.8 Å². The van der Waals surface area contributed by atoms with E-state index in [1.807, 2.05) is 4.68 Å². The van der Waals surface area contributed by atoms with Gasteiger partial charge in [-0.25, -0.2) is 9.67 Å². The fraction of sp³-hybridized carbons (Fsp3) is 0.429. The Bertz CT molecular complexity index is 707. The van der Waals surface area contributed by atoms with E-state index in [0.717, 1.165) is 25.2 Å². The number of ketones is 1. The van der Waals surface area contributed by atoms with Gasteiger partial charge in [0.05, 0.1) is 17.4 Å². The summed E-state index contributed by atoms with van der Waals surface area (Å²) in [7, 11) is 0. The van der Waals surface area contributed by atoms with Crippen LogP contribution in [0.15, 0.2) is 18.3 Å². The summed E-state index contributed by atoms with van der Waals surface area (Å²) in [5.74, 6) is -0.00804. The lowest BCUT2D eigenvalue weighted by Crippen LogP contribution is -2.59. The highest BCUT2D eigenvalue weighted by molar-refractivity contribution is 6.08. The van der Waals surface area contributed by atoms with Crippen LogP contribution >= 0.6 is 0 Å². The van der Waals surface area contributed by atoms with Gasteiger partial charge < -0.3 is 0 Å². The molecule has 0 unspecified atom stereocenters. The van der Waals surface area contributed by atoms with Crippen molar-refractivity contribution in [2.45, 2.75) is 31.7 Å². The van der Waals surface area contributed by atoms with Crippen LogP contribution in [0.25, 0.3) is 0 Å². The van der Waals surface area contributed by atoms with E-state index in [1.54, 1.807) is 13.1 Å². The van der Waals surface area contributed by atoms with Crippen molar-refractivity contribution < 1.29 is 9.18 Å². The van der Waals surface area contributed by atoms with Crippen LogP contribution in [-0.4, -0.2) is 25.8 Å². The van der Waals surface area contributed by atoms with Crippen LogP contribution in [0.3, 0.4) is 0 Å². The molecule has 3 aliphatic carbocycles. The summed E-state index contributed by atoms with van der Waals surface area (Å²) in [6.07, 6.45) is 5.13. The third-order valence-corrected chi connectivity index (χ3v) is 4.51. The molecule has 2 bridgehead atoms. The smallest absolute Gasteiger partial charge is 0.216 e. The molecule has 0 radical (unpaired) electrons. The number of aromatic nitrogens is 4. The number of carbonyl (C=O) groups excluding carboxylic acids is 1. The summed E-state index contributed by atoms with van der Waals surface area (Å²) in [5, 5.41) is 8.06. The second-order valence-corrected chi connectivity index (χ2v) is 5.85. The van der Waals surface area contributed by atoms with E-state index in [4.69, 9.17) is 0 Å². The maximum atomic E-state index is 13.0. The normalized spacial score (nSPS) is 26.8. The number of nitrogens with zero attached hydrogens (tertiary/aromatic N) is 4. The molecule has 0 atom stereocenters. The average Bonchev–Trinajstić information content (AvgIpc) is 2.73. The van der Waals surface area contributed by atoms with Gasteiger partial charge in [-0.15, -0.1) is 5.10 Å². The van der Waals surface area contributed by atoms with Gasteiger partial charge in [0, 0.05) is 5.56 Å². The van der Waals surface area contributed by atoms with Gasteiger partial charge in [0.1, 0.15) is 0 Å². The first-order chi connectivity index (χ1) is 9.57. The molecular weight excluding hydrogens is 259 g/mol. The lowest BCUT2D eigenvalue weighted by molar-refractivity contribution is -0.0988. The molecule has 5 nitrogen and oxygen atoms in total. The van der Waals surface area contributed by atoms with E-state index in [0.29, 0.717) is 17.0 Å². The Hall–Kier alpha value is -2.11. The second-order valence-electron chi connectivity index (χ2n) is 5.85. The van der Waals surface area contributed by atoms with E-state index in [2.05, 4.69) is 15.3 Å². The third kappa shape index (κ3) is 1.47. The first-order valence-corrected chi connectivity index (χ1v) is 6.68. The quantitative estimate of drug-likeness (QED) is 0.632. The Labute approximate surface area is 114 Å². The van der Waals surface area contributed by atoms with Gasteiger partial charge in [0.2, 0.25) is 11.7 Å². The number of hydrogen-bond donors (Lipinski definition) is 0. The Kier molecular flexibility index (Phi) is 2.17. The van der Waals surface area contributed by atoms with Crippen molar-refractivity contribution in [2.75, 3.05) is 0 Å². The molecule has 2 aromatic rings. The first-order valence-electron chi connectivity index (χ1n) is 6.68. The Morgan fingerprint density at radius 2 is 2.15 bits per heavy atom. The molecular formula is C14H13FN4O. The van der Waals surface area contributed by atoms with E-state index >= 15 is 0 Å². The first kappa shape index (κ1) is 11.7. The van der Waals surface area contributed by atoms with Gasteiger partial charge >= 0.3 is 0 Å². The van der Waals surface area contributed by atoms with Crippen LogP contribution in [-0.2, 0) is 5.54 Å². The summed E-state index contributed by atoms with van der Waals surface area (Å²) in [4.78, 5) is 16.0. The molecule has 0 spiro atoms. The summed E-state index contributed by atoms with van der Waals surface area (Å²) in [5.41, 5.74) is 1.16. The molecule has 0 saturated heterocycles. The molecule has 102 valence electrons. The fourth-order valence-corrected chi connectivity index (χ4v) is 3.22. The van der Waals surface area contributed by atoms with Gasteiger partial charge in [-0.1, -0.05) is 5.21 Å². The topological polar surface area (TPSA) is 60.7 Å². The van der Waals surface area contributed by atoms with Gasteiger partial charge in [0.15, 0.2) is 5.69 Å². The van der Waals surface area contributed by atoms with Crippen LogP contribution in [0.1, 0.15) is 41.0 Å². The molecule has 0 aliphatic heterocycles. The van der Waals surface area contributed by atoms with Crippen LogP contribution < -0.4 is 0 Å². The predicted molar refractivity (Wildman–Crippen MR) is 67.7 cm³/mol. The number of halogens is 1. The molecule has 3 saturated carbocycles. The lowest BCUT2D eigenvalue weighted by atomic mass is 9.50. The zero-order valence-corrected chi connectivity index (χ0v) is 11.0. The Morgan fingerprint density at radius 3 is 2.75 bits per heavy atom. The summed E-state index contributed by atoms with van der Waals surface area (Å²) in [6.45, 7) is 1.61. The predicted octanol–water partition coefficient (Wildman–Crippen LogP) is 1.86. The highest BCUT2D eigenvalue weighted by Crippen LogP contribution is 2.61. The maximum Gasteiger partial charge on any atom is 0.216 e. The van der Waals surface area contributed by atoms with Crippen molar-refractivity contribution >= 4 is 5.78 Å². The largest absolute Gasteiger partial charge is 0.287 e.